The largest absolute Gasteiger partial charge is 0.508 e. The highest BCUT2D eigenvalue weighted by molar-refractivity contribution is 5.82. The molecule has 3 heteroatoms. The minimum Gasteiger partial charge on any atom is -0.508 e. The molecular formula is C13H15NO2. The zero-order valence-corrected chi connectivity index (χ0v) is 9.40. The van der Waals surface area contributed by atoms with E-state index in [0.29, 0.717) is 0 Å². The summed E-state index contributed by atoms with van der Waals surface area (Å²) in [5.41, 5.74) is 1.95. The molecule has 1 aliphatic rings. The zero-order valence-electron chi connectivity index (χ0n) is 9.40. The number of rotatable bonds is 1. The number of benzene rings is 1. The lowest BCUT2D eigenvalue weighted by molar-refractivity contribution is -0.124. The summed E-state index contributed by atoms with van der Waals surface area (Å²) >= 11 is 0. The van der Waals surface area contributed by atoms with E-state index in [4.69, 9.17) is 0 Å². The molecule has 1 unspecified atom stereocenters. The second kappa shape index (κ2) is 4.00. The molecule has 2 atom stereocenters. The predicted octanol–water partition coefficient (Wildman–Crippen LogP) is 2.15. The Morgan fingerprint density at radius 1 is 1.25 bits per heavy atom. The van der Waals surface area contributed by atoms with Gasteiger partial charge in [-0.2, -0.15) is 0 Å². The zero-order chi connectivity index (χ0) is 11.7. The molecule has 0 bridgehead atoms. The molecule has 2 rings (SSSR count). The smallest absolute Gasteiger partial charge is 0.227 e. The van der Waals surface area contributed by atoms with Crippen molar-refractivity contribution >= 4 is 5.91 Å². The van der Waals surface area contributed by atoms with Crippen LogP contribution in [0.3, 0.4) is 0 Å². The van der Waals surface area contributed by atoms with Crippen LogP contribution in [0.4, 0.5) is 0 Å². The lowest BCUT2D eigenvalue weighted by Crippen LogP contribution is -2.35. The van der Waals surface area contributed by atoms with Crippen LogP contribution in [0.1, 0.15) is 25.3 Å². The van der Waals surface area contributed by atoms with Crippen LogP contribution in [0, 0.1) is 5.92 Å². The van der Waals surface area contributed by atoms with Crippen LogP contribution in [-0.4, -0.2) is 11.0 Å². The number of hydrogen-bond donors (Lipinski definition) is 2. The Morgan fingerprint density at radius 2 is 1.88 bits per heavy atom. The third kappa shape index (κ3) is 1.94. The summed E-state index contributed by atoms with van der Waals surface area (Å²) in [7, 11) is 0. The minimum absolute atomic E-state index is 0.0538. The Labute approximate surface area is 94.8 Å². The van der Waals surface area contributed by atoms with E-state index in [1.807, 2.05) is 26.0 Å². The summed E-state index contributed by atoms with van der Waals surface area (Å²) in [6, 6.07) is 7.02. The molecular weight excluding hydrogens is 202 g/mol. The maximum Gasteiger partial charge on any atom is 0.227 e. The average Bonchev–Trinajstić information content (AvgIpc) is 2.25. The van der Waals surface area contributed by atoms with Gasteiger partial charge in [-0.3, -0.25) is 4.79 Å². The molecule has 0 radical (unpaired) electrons. The number of aromatic hydroxyl groups is 1. The van der Waals surface area contributed by atoms with Gasteiger partial charge in [-0.1, -0.05) is 25.1 Å². The number of allylic oxidation sites excluding steroid dienone is 2. The third-order valence-corrected chi connectivity index (χ3v) is 2.98. The van der Waals surface area contributed by atoms with Gasteiger partial charge in [0, 0.05) is 17.5 Å². The van der Waals surface area contributed by atoms with Crippen LogP contribution in [0.15, 0.2) is 36.0 Å². The Kier molecular flexibility index (Phi) is 2.69. The maximum absolute atomic E-state index is 11.7. The van der Waals surface area contributed by atoms with Gasteiger partial charge in [0.2, 0.25) is 5.91 Å². The number of amides is 1. The average molecular weight is 217 g/mol. The first-order valence-corrected chi connectivity index (χ1v) is 5.36. The van der Waals surface area contributed by atoms with E-state index in [0.717, 1.165) is 11.3 Å². The van der Waals surface area contributed by atoms with Crippen molar-refractivity contribution in [3.05, 3.63) is 41.6 Å². The second-order valence-electron chi connectivity index (χ2n) is 4.24. The Morgan fingerprint density at radius 3 is 2.50 bits per heavy atom. The summed E-state index contributed by atoms with van der Waals surface area (Å²) in [5.74, 6) is 0.318. The van der Waals surface area contributed by atoms with Gasteiger partial charge < -0.3 is 10.4 Å². The van der Waals surface area contributed by atoms with Crippen LogP contribution >= 0.6 is 0 Å². The predicted molar refractivity (Wildman–Crippen MR) is 61.9 cm³/mol. The van der Waals surface area contributed by atoms with Gasteiger partial charge in [-0.25, -0.2) is 0 Å². The van der Waals surface area contributed by atoms with Gasteiger partial charge >= 0.3 is 0 Å². The SMILES string of the molecule is CC1=CC(c2ccc(O)cc2)[C@H](C)C(=O)N1. The molecule has 2 N–H and O–H groups in total. The van der Waals surface area contributed by atoms with Crippen molar-refractivity contribution in [3.63, 3.8) is 0 Å². The Bertz CT molecular complexity index is 434. The van der Waals surface area contributed by atoms with Crippen LogP contribution < -0.4 is 5.32 Å². The Hall–Kier alpha value is -1.77. The number of hydrogen-bond acceptors (Lipinski definition) is 2. The molecule has 1 aromatic carbocycles. The summed E-state index contributed by atoms with van der Waals surface area (Å²) in [5, 5.41) is 12.0. The van der Waals surface area contributed by atoms with Crippen LogP contribution in [0.2, 0.25) is 0 Å². The molecule has 84 valence electrons. The molecule has 0 aromatic heterocycles. The molecule has 3 nitrogen and oxygen atoms in total. The minimum atomic E-state index is -0.0757. The van der Waals surface area contributed by atoms with E-state index in [-0.39, 0.29) is 23.5 Å². The van der Waals surface area contributed by atoms with E-state index in [2.05, 4.69) is 11.4 Å². The molecule has 0 saturated carbocycles. The summed E-state index contributed by atoms with van der Waals surface area (Å²) < 4.78 is 0. The van der Waals surface area contributed by atoms with Gasteiger partial charge in [0.15, 0.2) is 0 Å². The van der Waals surface area contributed by atoms with Crippen LogP contribution in [-0.2, 0) is 4.79 Å². The van der Waals surface area contributed by atoms with Gasteiger partial charge in [0.1, 0.15) is 5.75 Å². The van der Waals surface area contributed by atoms with E-state index in [1.165, 1.54) is 0 Å². The van der Waals surface area contributed by atoms with Gasteiger partial charge in [-0.05, 0) is 24.6 Å². The standard InChI is InChI=1S/C13H15NO2/c1-8-7-12(9(2)13(16)14-8)10-3-5-11(15)6-4-10/h3-7,9,12,15H,1-2H3,(H,14,16)/t9-,12?/m0/s1. The maximum atomic E-state index is 11.7. The highest BCUT2D eigenvalue weighted by Gasteiger charge is 2.27. The number of carbonyl (C=O) groups is 1. The van der Waals surface area contributed by atoms with Crippen molar-refractivity contribution in [2.45, 2.75) is 19.8 Å². The second-order valence-corrected chi connectivity index (χ2v) is 4.24. The van der Waals surface area contributed by atoms with Crippen molar-refractivity contribution in [3.8, 4) is 5.75 Å². The van der Waals surface area contributed by atoms with Crippen molar-refractivity contribution in [1.29, 1.82) is 0 Å². The molecule has 1 aliphatic heterocycles. The fraction of sp³-hybridized carbons (Fsp3) is 0.308. The van der Waals surface area contributed by atoms with Crippen molar-refractivity contribution in [1.82, 2.24) is 5.32 Å². The first-order chi connectivity index (χ1) is 7.58. The topological polar surface area (TPSA) is 49.3 Å². The fourth-order valence-electron chi connectivity index (χ4n) is 2.01. The van der Waals surface area contributed by atoms with E-state index < -0.39 is 0 Å². The number of phenols is 1. The van der Waals surface area contributed by atoms with Crippen molar-refractivity contribution in [2.75, 3.05) is 0 Å². The van der Waals surface area contributed by atoms with Gasteiger partial charge in [0.25, 0.3) is 0 Å². The van der Waals surface area contributed by atoms with E-state index in [1.54, 1.807) is 12.1 Å². The monoisotopic (exact) mass is 217 g/mol. The highest BCUT2D eigenvalue weighted by atomic mass is 16.3. The molecule has 1 amide bonds. The first kappa shape index (κ1) is 10.7. The highest BCUT2D eigenvalue weighted by Crippen LogP contribution is 2.30. The molecule has 1 heterocycles. The number of nitrogens with one attached hydrogen (secondary N) is 1. The Balaban J connectivity index is 2.35. The van der Waals surface area contributed by atoms with Gasteiger partial charge in [-0.15, -0.1) is 0 Å². The molecule has 0 saturated heterocycles. The first-order valence-electron chi connectivity index (χ1n) is 5.36. The number of phenolic OH excluding ortho intramolecular Hbond substituents is 1. The van der Waals surface area contributed by atoms with Crippen LogP contribution in [0.5, 0.6) is 5.75 Å². The molecule has 16 heavy (non-hydrogen) atoms. The fourth-order valence-corrected chi connectivity index (χ4v) is 2.01. The van der Waals surface area contributed by atoms with E-state index >= 15 is 0 Å². The third-order valence-electron chi connectivity index (χ3n) is 2.98. The molecule has 0 fully saturated rings. The quantitative estimate of drug-likeness (QED) is 0.757. The van der Waals surface area contributed by atoms with Gasteiger partial charge in [0.05, 0.1) is 0 Å². The van der Waals surface area contributed by atoms with E-state index in [9.17, 15) is 9.90 Å². The summed E-state index contributed by atoms with van der Waals surface area (Å²) in [6.45, 7) is 3.80. The van der Waals surface area contributed by atoms with Crippen molar-refractivity contribution in [2.24, 2.45) is 5.92 Å². The normalized spacial score (nSPS) is 24.9. The summed E-state index contributed by atoms with van der Waals surface area (Å²) in [4.78, 5) is 11.7. The lowest BCUT2D eigenvalue weighted by atomic mass is 9.84. The molecule has 1 aromatic rings. The lowest BCUT2D eigenvalue weighted by Gasteiger charge is -2.26. The molecule has 0 spiro atoms. The van der Waals surface area contributed by atoms with Crippen molar-refractivity contribution < 1.29 is 9.90 Å². The molecule has 0 aliphatic carbocycles. The number of carbonyl (C=O) groups excluding carboxylic acids is 1. The summed E-state index contributed by atoms with van der Waals surface area (Å²) in [6.07, 6.45) is 2.05. The van der Waals surface area contributed by atoms with Crippen LogP contribution in [0.25, 0.3) is 0 Å².